The molecule has 0 aliphatic heterocycles. The van der Waals surface area contributed by atoms with Crippen LogP contribution < -0.4 is 5.43 Å². The maximum Gasteiger partial charge on any atom is 0.270 e. The molecule has 7 heteroatoms. The SMILES string of the molecule is C/C(=N\Nc1nc(C)c(C)s1)c1cccc([N+](=O)[O-])c1. The maximum atomic E-state index is 10.7. The molecule has 2 aromatic rings. The lowest BCUT2D eigenvalue weighted by Gasteiger charge is -2.01. The van der Waals surface area contributed by atoms with Crippen molar-refractivity contribution in [3.05, 3.63) is 50.5 Å². The number of aryl methyl sites for hydroxylation is 2. The minimum Gasteiger partial charge on any atom is -0.258 e. The quantitative estimate of drug-likeness (QED) is 0.531. The number of hydrogen-bond acceptors (Lipinski definition) is 6. The fourth-order valence-electron chi connectivity index (χ4n) is 1.56. The Balaban J connectivity index is 2.18. The summed E-state index contributed by atoms with van der Waals surface area (Å²) in [6.45, 7) is 5.73. The second kappa shape index (κ2) is 5.79. The van der Waals surface area contributed by atoms with Crippen molar-refractivity contribution in [2.45, 2.75) is 20.8 Å². The van der Waals surface area contributed by atoms with E-state index in [2.05, 4.69) is 15.5 Å². The van der Waals surface area contributed by atoms with Crippen LogP contribution in [0.25, 0.3) is 0 Å². The highest BCUT2D eigenvalue weighted by atomic mass is 32.1. The molecular formula is C13H14N4O2S. The van der Waals surface area contributed by atoms with E-state index in [1.54, 1.807) is 19.1 Å². The summed E-state index contributed by atoms with van der Waals surface area (Å²) in [6.07, 6.45) is 0. The first-order chi connectivity index (χ1) is 9.47. The van der Waals surface area contributed by atoms with Gasteiger partial charge in [0.15, 0.2) is 0 Å². The number of nitro groups is 1. The fraction of sp³-hybridized carbons (Fsp3) is 0.231. The molecule has 1 heterocycles. The van der Waals surface area contributed by atoms with Gasteiger partial charge in [-0.1, -0.05) is 12.1 Å². The third-order valence-corrected chi connectivity index (χ3v) is 3.80. The van der Waals surface area contributed by atoms with Crippen LogP contribution in [0.5, 0.6) is 0 Å². The highest BCUT2D eigenvalue weighted by Crippen LogP contribution is 2.21. The molecule has 1 N–H and O–H groups in total. The Morgan fingerprint density at radius 3 is 2.80 bits per heavy atom. The molecule has 1 aromatic heterocycles. The van der Waals surface area contributed by atoms with E-state index < -0.39 is 4.92 Å². The molecule has 0 amide bonds. The smallest absolute Gasteiger partial charge is 0.258 e. The van der Waals surface area contributed by atoms with Gasteiger partial charge in [-0.05, 0) is 20.8 Å². The predicted molar refractivity (Wildman–Crippen MR) is 80.5 cm³/mol. The predicted octanol–water partition coefficient (Wildman–Crippen LogP) is 3.50. The summed E-state index contributed by atoms with van der Waals surface area (Å²) in [5.41, 5.74) is 5.28. The van der Waals surface area contributed by atoms with Gasteiger partial charge < -0.3 is 0 Å². The Morgan fingerprint density at radius 1 is 1.45 bits per heavy atom. The topological polar surface area (TPSA) is 80.4 Å². The van der Waals surface area contributed by atoms with E-state index in [1.807, 2.05) is 13.8 Å². The molecule has 1 aromatic carbocycles. The van der Waals surface area contributed by atoms with Gasteiger partial charge >= 0.3 is 0 Å². The molecule has 0 bridgehead atoms. The first-order valence-electron chi connectivity index (χ1n) is 5.96. The molecule has 20 heavy (non-hydrogen) atoms. The summed E-state index contributed by atoms with van der Waals surface area (Å²) in [6, 6.07) is 6.38. The van der Waals surface area contributed by atoms with Gasteiger partial charge in [-0.25, -0.2) is 4.98 Å². The lowest BCUT2D eigenvalue weighted by atomic mass is 10.1. The Morgan fingerprint density at radius 2 is 2.20 bits per heavy atom. The first-order valence-corrected chi connectivity index (χ1v) is 6.78. The number of hydrogen-bond donors (Lipinski definition) is 1. The number of anilines is 1. The van der Waals surface area contributed by atoms with Crippen molar-refractivity contribution in [3.8, 4) is 0 Å². The lowest BCUT2D eigenvalue weighted by Crippen LogP contribution is -2.00. The van der Waals surface area contributed by atoms with E-state index in [9.17, 15) is 10.1 Å². The Labute approximate surface area is 120 Å². The summed E-state index contributed by atoms with van der Waals surface area (Å²) in [7, 11) is 0. The van der Waals surface area contributed by atoms with Crippen LogP contribution in [0, 0.1) is 24.0 Å². The van der Waals surface area contributed by atoms with Crippen molar-refractivity contribution in [3.63, 3.8) is 0 Å². The third-order valence-electron chi connectivity index (χ3n) is 2.82. The van der Waals surface area contributed by atoms with E-state index in [0.29, 0.717) is 16.4 Å². The molecule has 0 aliphatic rings. The normalized spacial score (nSPS) is 11.4. The van der Waals surface area contributed by atoms with Gasteiger partial charge in [0, 0.05) is 22.6 Å². The van der Waals surface area contributed by atoms with E-state index in [1.165, 1.54) is 23.5 Å². The molecule has 0 radical (unpaired) electrons. The van der Waals surface area contributed by atoms with Crippen molar-refractivity contribution in [2.24, 2.45) is 5.10 Å². The highest BCUT2D eigenvalue weighted by molar-refractivity contribution is 7.15. The number of nitrogens with one attached hydrogen (secondary N) is 1. The number of benzene rings is 1. The molecule has 0 saturated heterocycles. The van der Waals surface area contributed by atoms with Crippen molar-refractivity contribution >= 4 is 27.9 Å². The van der Waals surface area contributed by atoms with E-state index in [-0.39, 0.29) is 5.69 Å². The van der Waals surface area contributed by atoms with Crippen LogP contribution in [0.2, 0.25) is 0 Å². The zero-order valence-corrected chi connectivity index (χ0v) is 12.2. The highest BCUT2D eigenvalue weighted by Gasteiger charge is 2.08. The molecule has 0 aliphatic carbocycles. The summed E-state index contributed by atoms with van der Waals surface area (Å²) in [5.74, 6) is 0. The van der Waals surface area contributed by atoms with E-state index in [4.69, 9.17) is 0 Å². The average molecular weight is 290 g/mol. The lowest BCUT2D eigenvalue weighted by molar-refractivity contribution is -0.384. The number of hydrazone groups is 1. The van der Waals surface area contributed by atoms with Crippen LogP contribution >= 0.6 is 11.3 Å². The molecule has 2 rings (SSSR count). The van der Waals surface area contributed by atoms with Crippen LogP contribution in [0.1, 0.15) is 23.1 Å². The molecule has 0 saturated carbocycles. The van der Waals surface area contributed by atoms with Gasteiger partial charge in [0.05, 0.1) is 16.3 Å². The standard InChI is InChI=1S/C13H14N4O2S/c1-8-10(3)20-13(14-8)16-15-9(2)11-5-4-6-12(7-11)17(18)19/h4-7H,1-3H3,(H,14,16)/b15-9+. The van der Waals surface area contributed by atoms with E-state index in [0.717, 1.165) is 10.6 Å². The van der Waals surface area contributed by atoms with Crippen molar-refractivity contribution in [1.29, 1.82) is 0 Å². The minimum absolute atomic E-state index is 0.0537. The van der Waals surface area contributed by atoms with Crippen LogP contribution in [0.3, 0.4) is 0 Å². The summed E-state index contributed by atoms with van der Waals surface area (Å²) in [4.78, 5) is 15.8. The Kier molecular flexibility index (Phi) is 4.09. The van der Waals surface area contributed by atoms with Gasteiger partial charge in [-0.3, -0.25) is 15.5 Å². The number of thiazole rings is 1. The van der Waals surface area contributed by atoms with Crippen molar-refractivity contribution in [2.75, 3.05) is 5.43 Å². The van der Waals surface area contributed by atoms with Crippen LogP contribution in [0.15, 0.2) is 29.4 Å². The van der Waals surface area contributed by atoms with Crippen molar-refractivity contribution < 1.29 is 4.92 Å². The molecule has 0 atom stereocenters. The van der Waals surface area contributed by atoms with Gasteiger partial charge in [0.2, 0.25) is 5.13 Å². The maximum absolute atomic E-state index is 10.7. The molecular weight excluding hydrogens is 276 g/mol. The van der Waals surface area contributed by atoms with Crippen LogP contribution in [0.4, 0.5) is 10.8 Å². The van der Waals surface area contributed by atoms with Gasteiger partial charge in [-0.2, -0.15) is 5.10 Å². The zero-order valence-electron chi connectivity index (χ0n) is 11.4. The second-order valence-electron chi connectivity index (χ2n) is 4.28. The van der Waals surface area contributed by atoms with Gasteiger partial charge in [0.25, 0.3) is 5.69 Å². The fourth-order valence-corrected chi connectivity index (χ4v) is 2.32. The van der Waals surface area contributed by atoms with Crippen LogP contribution in [-0.2, 0) is 0 Å². The molecule has 0 spiro atoms. The number of nitro benzene ring substituents is 1. The average Bonchev–Trinajstić information content (AvgIpc) is 2.75. The molecule has 0 unspecified atom stereocenters. The molecule has 6 nitrogen and oxygen atoms in total. The second-order valence-corrected chi connectivity index (χ2v) is 5.48. The number of rotatable bonds is 4. The van der Waals surface area contributed by atoms with Crippen molar-refractivity contribution in [1.82, 2.24) is 4.98 Å². The third kappa shape index (κ3) is 3.18. The summed E-state index contributed by atoms with van der Waals surface area (Å²) < 4.78 is 0. The minimum atomic E-state index is -0.419. The monoisotopic (exact) mass is 290 g/mol. The first kappa shape index (κ1) is 14.1. The zero-order chi connectivity index (χ0) is 14.7. The Bertz CT molecular complexity index is 659. The summed E-state index contributed by atoms with van der Waals surface area (Å²) >= 11 is 1.52. The number of aromatic nitrogens is 1. The van der Waals surface area contributed by atoms with Gasteiger partial charge in [-0.15, -0.1) is 11.3 Å². The summed E-state index contributed by atoms with van der Waals surface area (Å²) in [5, 5.41) is 15.7. The molecule has 0 fully saturated rings. The number of nitrogens with zero attached hydrogens (tertiary/aromatic N) is 3. The van der Waals surface area contributed by atoms with E-state index >= 15 is 0 Å². The van der Waals surface area contributed by atoms with Crippen LogP contribution in [-0.4, -0.2) is 15.6 Å². The largest absolute Gasteiger partial charge is 0.270 e. The molecule has 104 valence electrons. The number of non-ortho nitro benzene ring substituents is 1. The Hall–Kier alpha value is -2.28. The van der Waals surface area contributed by atoms with Gasteiger partial charge in [0.1, 0.15) is 0 Å².